The van der Waals surface area contributed by atoms with Gasteiger partial charge in [-0.15, -0.1) is 22.2 Å². The van der Waals surface area contributed by atoms with Crippen LogP contribution < -0.4 is 0 Å². The number of hydrogen-bond donors (Lipinski definition) is 0. The van der Waals surface area contributed by atoms with Crippen molar-refractivity contribution in [3.8, 4) is 0 Å². The van der Waals surface area contributed by atoms with Gasteiger partial charge in [-0.1, -0.05) is 44.2 Å². The molecule has 0 heterocycles. The van der Waals surface area contributed by atoms with Crippen LogP contribution in [-0.2, 0) is 6.42 Å². The van der Waals surface area contributed by atoms with E-state index in [2.05, 4.69) is 38.1 Å². The van der Waals surface area contributed by atoms with Gasteiger partial charge in [-0.05, 0) is 23.4 Å². The molecule has 0 unspecified atom stereocenters. The Morgan fingerprint density at radius 3 is 2.21 bits per heavy atom. The second kappa shape index (κ2) is 5.20. The van der Waals surface area contributed by atoms with Gasteiger partial charge < -0.3 is 0 Å². The van der Waals surface area contributed by atoms with Crippen LogP contribution in [-0.4, -0.2) is 7.42 Å². The van der Waals surface area contributed by atoms with Gasteiger partial charge >= 0.3 is 0 Å². The summed E-state index contributed by atoms with van der Waals surface area (Å²) in [5, 5.41) is 0.0869. The first-order valence-electron chi connectivity index (χ1n) is 4.75. The minimum absolute atomic E-state index is 0.0869. The van der Waals surface area contributed by atoms with Crippen LogP contribution in [0.5, 0.6) is 0 Å². The van der Waals surface area contributed by atoms with Gasteiger partial charge in [0.25, 0.3) is 7.42 Å². The van der Waals surface area contributed by atoms with E-state index in [9.17, 15) is 0 Å². The van der Waals surface area contributed by atoms with Crippen molar-refractivity contribution in [2.75, 3.05) is 0 Å². The first-order valence-corrected chi connectivity index (χ1v) is 8.27. The lowest BCUT2D eigenvalue weighted by Crippen LogP contribution is -2.17. The minimum atomic E-state index is -1.24. The molecule has 0 nitrogen and oxygen atoms in total. The molecule has 1 rings (SSSR count). The molecule has 14 heavy (non-hydrogen) atoms. The molecule has 0 aliphatic rings. The van der Waals surface area contributed by atoms with Gasteiger partial charge in [0.05, 0.1) is 0 Å². The van der Waals surface area contributed by atoms with Crippen molar-refractivity contribution in [2.24, 2.45) is 0 Å². The number of halogens is 2. The predicted molar refractivity (Wildman–Crippen MR) is 66.3 cm³/mol. The van der Waals surface area contributed by atoms with Gasteiger partial charge in [-0.2, -0.15) is 0 Å². The van der Waals surface area contributed by atoms with Crippen LogP contribution in [0.25, 0.3) is 0 Å². The lowest BCUT2D eigenvalue weighted by molar-refractivity contribution is 0.606. The van der Waals surface area contributed by atoms with E-state index in [4.69, 9.17) is 22.2 Å². The zero-order valence-corrected chi connectivity index (χ0v) is 11.1. The van der Waals surface area contributed by atoms with Gasteiger partial charge in [-0.3, -0.25) is 0 Å². The first-order chi connectivity index (χ1) is 6.52. The maximum atomic E-state index is 6.00. The number of benzene rings is 1. The topological polar surface area (TPSA) is 0 Å². The van der Waals surface area contributed by atoms with Gasteiger partial charge in [0.2, 0.25) is 0 Å². The highest BCUT2D eigenvalue weighted by Gasteiger charge is 2.28. The standard InChI is InChI=1S/C11H15Cl2Si/c1-11(2,14(12)13)9-8-10-6-4-3-5-7-10/h3-7H,8-9H2,1-2H3. The molecule has 3 heteroatoms. The molecule has 0 spiro atoms. The molecular weight excluding hydrogens is 231 g/mol. The largest absolute Gasteiger partial charge is 0.279 e. The fourth-order valence-corrected chi connectivity index (χ4v) is 2.08. The minimum Gasteiger partial charge on any atom is -0.146 e. The molecule has 0 fully saturated rings. The van der Waals surface area contributed by atoms with E-state index in [0.29, 0.717) is 0 Å². The third-order valence-electron chi connectivity index (χ3n) is 2.39. The molecule has 0 aliphatic carbocycles. The Hall–Kier alpha value is 0.0169. The summed E-state index contributed by atoms with van der Waals surface area (Å²) < 4.78 is 0. The Balaban J connectivity index is 2.49. The highest BCUT2D eigenvalue weighted by atomic mass is 35.7. The molecule has 0 aliphatic heterocycles. The lowest BCUT2D eigenvalue weighted by Gasteiger charge is -2.23. The Labute approximate surface area is 97.3 Å². The second-order valence-electron chi connectivity index (χ2n) is 4.13. The van der Waals surface area contributed by atoms with Crippen LogP contribution in [0.4, 0.5) is 0 Å². The van der Waals surface area contributed by atoms with Crippen molar-refractivity contribution in [2.45, 2.75) is 31.7 Å². The predicted octanol–water partition coefficient (Wildman–Crippen LogP) is 4.37. The summed E-state index contributed by atoms with van der Waals surface area (Å²) in [7, 11) is -1.24. The molecule has 0 bridgehead atoms. The number of aryl methyl sites for hydroxylation is 1. The van der Waals surface area contributed by atoms with E-state index in [-0.39, 0.29) is 5.04 Å². The molecule has 0 N–H and O–H groups in total. The zero-order valence-electron chi connectivity index (χ0n) is 8.56. The lowest BCUT2D eigenvalue weighted by atomic mass is 10.0. The van der Waals surface area contributed by atoms with E-state index >= 15 is 0 Å². The summed E-state index contributed by atoms with van der Waals surface area (Å²) in [4.78, 5) is 0. The highest BCUT2D eigenvalue weighted by Crippen LogP contribution is 2.37. The fourth-order valence-electron chi connectivity index (χ4n) is 1.20. The molecular formula is C11H15Cl2Si. The van der Waals surface area contributed by atoms with E-state index in [1.807, 2.05) is 6.07 Å². The fraction of sp³-hybridized carbons (Fsp3) is 0.455. The monoisotopic (exact) mass is 245 g/mol. The Kier molecular flexibility index (Phi) is 4.49. The highest BCUT2D eigenvalue weighted by molar-refractivity contribution is 7.35. The summed E-state index contributed by atoms with van der Waals surface area (Å²) in [5.41, 5.74) is 1.36. The summed E-state index contributed by atoms with van der Waals surface area (Å²) >= 11 is 12.0. The number of rotatable bonds is 4. The first kappa shape index (κ1) is 12.1. The average Bonchev–Trinajstić information content (AvgIpc) is 2.16. The van der Waals surface area contributed by atoms with Crippen LogP contribution >= 0.6 is 22.2 Å². The molecule has 0 atom stereocenters. The second-order valence-corrected chi connectivity index (χ2v) is 8.85. The normalized spacial score (nSPS) is 12.1. The third-order valence-corrected chi connectivity index (χ3v) is 6.74. The molecule has 1 aromatic carbocycles. The van der Waals surface area contributed by atoms with Crippen LogP contribution in [0.15, 0.2) is 30.3 Å². The Morgan fingerprint density at radius 1 is 1.14 bits per heavy atom. The van der Waals surface area contributed by atoms with Gasteiger partial charge in [-0.25, -0.2) is 0 Å². The van der Waals surface area contributed by atoms with Crippen LogP contribution in [0.1, 0.15) is 25.8 Å². The van der Waals surface area contributed by atoms with Crippen molar-refractivity contribution in [3.05, 3.63) is 35.9 Å². The average molecular weight is 246 g/mol. The van der Waals surface area contributed by atoms with Gasteiger partial charge in [0, 0.05) is 0 Å². The van der Waals surface area contributed by atoms with E-state index in [1.54, 1.807) is 0 Å². The SMILES string of the molecule is CC(C)(CCc1ccccc1)[Si](Cl)Cl. The summed E-state index contributed by atoms with van der Waals surface area (Å²) in [6.45, 7) is 4.29. The molecule has 0 saturated carbocycles. The molecule has 0 aromatic heterocycles. The third kappa shape index (κ3) is 3.64. The van der Waals surface area contributed by atoms with Gasteiger partial charge in [0.1, 0.15) is 0 Å². The van der Waals surface area contributed by atoms with E-state index in [0.717, 1.165) is 12.8 Å². The quantitative estimate of drug-likeness (QED) is 0.546. The number of hydrogen-bond acceptors (Lipinski definition) is 0. The molecule has 1 aromatic rings. The Morgan fingerprint density at radius 2 is 1.71 bits per heavy atom. The van der Waals surface area contributed by atoms with Gasteiger partial charge in [0.15, 0.2) is 0 Å². The maximum Gasteiger partial charge on any atom is 0.279 e. The summed E-state index contributed by atoms with van der Waals surface area (Å²) in [5.74, 6) is 0. The smallest absolute Gasteiger partial charge is 0.146 e. The van der Waals surface area contributed by atoms with Crippen molar-refractivity contribution in [1.82, 2.24) is 0 Å². The van der Waals surface area contributed by atoms with Crippen LogP contribution in [0.3, 0.4) is 0 Å². The van der Waals surface area contributed by atoms with Crippen LogP contribution in [0, 0.1) is 0 Å². The maximum absolute atomic E-state index is 6.00. The molecule has 1 radical (unpaired) electrons. The Bertz CT molecular complexity index is 270. The zero-order chi connectivity index (χ0) is 10.6. The van der Waals surface area contributed by atoms with Crippen molar-refractivity contribution in [3.63, 3.8) is 0 Å². The van der Waals surface area contributed by atoms with Crippen LogP contribution in [0.2, 0.25) is 5.04 Å². The molecule has 0 amide bonds. The van der Waals surface area contributed by atoms with E-state index in [1.165, 1.54) is 5.56 Å². The molecule has 0 saturated heterocycles. The van der Waals surface area contributed by atoms with Crippen molar-refractivity contribution < 1.29 is 0 Å². The van der Waals surface area contributed by atoms with Crippen molar-refractivity contribution in [1.29, 1.82) is 0 Å². The van der Waals surface area contributed by atoms with E-state index < -0.39 is 7.42 Å². The summed E-state index contributed by atoms with van der Waals surface area (Å²) in [6, 6.07) is 10.5. The summed E-state index contributed by atoms with van der Waals surface area (Å²) in [6.07, 6.45) is 2.11. The van der Waals surface area contributed by atoms with Crippen molar-refractivity contribution >= 4 is 29.6 Å². The molecule has 77 valence electrons.